The highest BCUT2D eigenvalue weighted by molar-refractivity contribution is 6.09. The summed E-state index contributed by atoms with van der Waals surface area (Å²) in [5.74, 6) is 0. The van der Waals surface area contributed by atoms with Gasteiger partial charge in [-0.1, -0.05) is 12.1 Å². The Labute approximate surface area is 135 Å². The SMILES string of the molecule is N#CCc1ccc(N/C=C/c2cnccc2/C(C=N)=C/N)cc1. The van der Waals surface area contributed by atoms with E-state index in [0.29, 0.717) is 12.0 Å². The number of anilines is 1. The van der Waals surface area contributed by atoms with Gasteiger partial charge in [0.1, 0.15) is 0 Å². The number of nitriles is 1. The number of nitrogens with one attached hydrogen (secondary N) is 2. The Balaban J connectivity index is 2.12. The maximum Gasteiger partial charge on any atom is 0.0669 e. The van der Waals surface area contributed by atoms with Crippen molar-refractivity contribution in [2.24, 2.45) is 5.73 Å². The summed E-state index contributed by atoms with van der Waals surface area (Å²) >= 11 is 0. The van der Waals surface area contributed by atoms with Crippen molar-refractivity contribution >= 4 is 23.6 Å². The molecular formula is C18H17N5. The highest BCUT2D eigenvalue weighted by Gasteiger charge is 2.02. The standard InChI is InChI=1S/C18H17N5/c19-8-5-14-1-3-17(4-2-14)23-10-6-15-13-22-9-7-18(15)16(11-20)12-21/h1-4,6-7,9-13,20,23H,5,21H2/b10-6+,16-12+,20-11?. The third-order valence-electron chi connectivity index (χ3n) is 3.25. The number of pyridine rings is 1. The van der Waals surface area contributed by atoms with Crippen LogP contribution in [0.25, 0.3) is 11.6 Å². The minimum atomic E-state index is 0.410. The van der Waals surface area contributed by atoms with Crippen LogP contribution >= 0.6 is 0 Å². The van der Waals surface area contributed by atoms with Crippen molar-refractivity contribution in [1.82, 2.24) is 4.98 Å². The molecule has 0 aliphatic carbocycles. The van der Waals surface area contributed by atoms with Gasteiger partial charge in [0.2, 0.25) is 0 Å². The lowest BCUT2D eigenvalue weighted by atomic mass is 10.0. The van der Waals surface area contributed by atoms with Crippen molar-refractivity contribution in [3.8, 4) is 6.07 Å². The van der Waals surface area contributed by atoms with Crippen LogP contribution in [0.3, 0.4) is 0 Å². The van der Waals surface area contributed by atoms with E-state index < -0.39 is 0 Å². The second kappa shape index (κ2) is 8.15. The van der Waals surface area contributed by atoms with Crippen LogP contribution in [0.15, 0.2) is 55.1 Å². The Bertz CT molecular complexity index is 767. The fourth-order valence-electron chi connectivity index (χ4n) is 2.06. The largest absolute Gasteiger partial charge is 0.404 e. The first-order valence-electron chi connectivity index (χ1n) is 7.04. The molecule has 2 aromatic rings. The second-order valence-electron chi connectivity index (χ2n) is 4.74. The zero-order valence-electron chi connectivity index (χ0n) is 12.5. The average molecular weight is 303 g/mol. The topological polar surface area (TPSA) is 98.6 Å². The minimum Gasteiger partial charge on any atom is -0.404 e. The van der Waals surface area contributed by atoms with Gasteiger partial charge >= 0.3 is 0 Å². The average Bonchev–Trinajstić information content (AvgIpc) is 2.59. The van der Waals surface area contributed by atoms with Crippen molar-refractivity contribution in [3.05, 3.63) is 71.8 Å². The first kappa shape index (κ1) is 16.0. The number of allylic oxidation sites excluding steroid dienone is 1. The molecular weight excluding hydrogens is 286 g/mol. The van der Waals surface area contributed by atoms with Crippen LogP contribution in [-0.4, -0.2) is 11.2 Å². The van der Waals surface area contributed by atoms with Crippen molar-refractivity contribution in [3.63, 3.8) is 0 Å². The molecule has 1 aromatic heterocycles. The van der Waals surface area contributed by atoms with E-state index in [9.17, 15) is 0 Å². The van der Waals surface area contributed by atoms with Crippen molar-refractivity contribution < 1.29 is 0 Å². The van der Waals surface area contributed by atoms with Crippen molar-refractivity contribution in [1.29, 1.82) is 10.7 Å². The van der Waals surface area contributed by atoms with Gasteiger partial charge in [-0.3, -0.25) is 4.98 Å². The lowest BCUT2D eigenvalue weighted by Gasteiger charge is -2.06. The molecule has 0 bridgehead atoms. The molecule has 114 valence electrons. The van der Waals surface area contributed by atoms with E-state index in [1.807, 2.05) is 36.4 Å². The van der Waals surface area contributed by atoms with Gasteiger partial charge in [0, 0.05) is 47.8 Å². The molecule has 0 radical (unpaired) electrons. The zero-order chi connectivity index (χ0) is 16.5. The number of hydrogen-bond donors (Lipinski definition) is 3. The molecule has 0 atom stereocenters. The maximum atomic E-state index is 8.66. The number of aromatic nitrogens is 1. The number of rotatable bonds is 6. The van der Waals surface area contributed by atoms with Crippen LogP contribution in [0, 0.1) is 16.7 Å². The van der Waals surface area contributed by atoms with Crippen LogP contribution in [0.1, 0.15) is 16.7 Å². The molecule has 23 heavy (non-hydrogen) atoms. The van der Waals surface area contributed by atoms with Gasteiger partial charge in [-0.05, 0) is 35.4 Å². The van der Waals surface area contributed by atoms with E-state index in [1.54, 1.807) is 18.6 Å². The van der Waals surface area contributed by atoms with Crippen LogP contribution in [0.2, 0.25) is 0 Å². The molecule has 0 fully saturated rings. The molecule has 0 saturated carbocycles. The predicted molar refractivity (Wildman–Crippen MR) is 93.6 cm³/mol. The Morgan fingerprint density at radius 1 is 1.30 bits per heavy atom. The third kappa shape index (κ3) is 4.29. The molecule has 0 spiro atoms. The lowest BCUT2D eigenvalue weighted by Crippen LogP contribution is -1.95. The number of hydrogen-bond acceptors (Lipinski definition) is 5. The first-order valence-corrected chi connectivity index (χ1v) is 7.04. The minimum absolute atomic E-state index is 0.410. The van der Waals surface area contributed by atoms with Crippen molar-refractivity contribution in [2.45, 2.75) is 6.42 Å². The van der Waals surface area contributed by atoms with E-state index in [4.69, 9.17) is 16.4 Å². The van der Waals surface area contributed by atoms with E-state index >= 15 is 0 Å². The van der Waals surface area contributed by atoms with Crippen LogP contribution in [0.5, 0.6) is 0 Å². The number of nitrogens with zero attached hydrogens (tertiary/aromatic N) is 2. The Morgan fingerprint density at radius 3 is 2.74 bits per heavy atom. The summed E-state index contributed by atoms with van der Waals surface area (Å²) in [5.41, 5.74) is 9.80. The van der Waals surface area contributed by atoms with Gasteiger partial charge in [-0.25, -0.2) is 0 Å². The predicted octanol–water partition coefficient (Wildman–Crippen LogP) is 3.18. The summed E-state index contributed by atoms with van der Waals surface area (Å²) in [7, 11) is 0. The van der Waals surface area contributed by atoms with Crippen LogP contribution < -0.4 is 11.1 Å². The molecule has 1 heterocycles. The summed E-state index contributed by atoms with van der Waals surface area (Å²) in [4.78, 5) is 4.10. The summed E-state index contributed by atoms with van der Waals surface area (Å²) in [6, 6.07) is 11.6. The third-order valence-corrected chi connectivity index (χ3v) is 3.25. The highest BCUT2D eigenvalue weighted by atomic mass is 14.8. The van der Waals surface area contributed by atoms with Gasteiger partial charge in [0.15, 0.2) is 0 Å². The van der Waals surface area contributed by atoms with Gasteiger partial charge in [0.25, 0.3) is 0 Å². The van der Waals surface area contributed by atoms with E-state index in [-0.39, 0.29) is 0 Å². The summed E-state index contributed by atoms with van der Waals surface area (Å²) in [6.07, 6.45) is 10.1. The fraction of sp³-hybridized carbons (Fsp3) is 0.0556. The highest BCUT2D eigenvalue weighted by Crippen LogP contribution is 2.17. The zero-order valence-corrected chi connectivity index (χ0v) is 12.5. The molecule has 0 amide bonds. The summed E-state index contributed by atoms with van der Waals surface area (Å²) in [6.45, 7) is 0. The van der Waals surface area contributed by atoms with Crippen molar-refractivity contribution in [2.75, 3.05) is 5.32 Å². The Morgan fingerprint density at radius 2 is 2.09 bits per heavy atom. The van der Waals surface area contributed by atoms with Crippen LogP contribution in [0.4, 0.5) is 5.69 Å². The van der Waals surface area contributed by atoms with E-state index in [0.717, 1.165) is 22.4 Å². The Hall–Kier alpha value is -3.39. The van der Waals surface area contributed by atoms with Crippen LogP contribution in [-0.2, 0) is 6.42 Å². The van der Waals surface area contributed by atoms with Gasteiger partial charge in [0.05, 0.1) is 12.5 Å². The monoisotopic (exact) mass is 303 g/mol. The molecule has 0 aliphatic heterocycles. The first-order chi connectivity index (χ1) is 11.3. The summed E-state index contributed by atoms with van der Waals surface area (Å²) in [5, 5.41) is 19.2. The normalized spacial score (nSPS) is 11.2. The summed E-state index contributed by atoms with van der Waals surface area (Å²) < 4.78 is 0. The molecule has 0 aliphatic rings. The molecule has 5 heteroatoms. The molecule has 4 N–H and O–H groups in total. The molecule has 2 rings (SSSR count). The molecule has 0 saturated heterocycles. The molecule has 1 aromatic carbocycles. The number of benzene rings is 1. The van der Waals surface area contributed by atoms with E-state index in [1.165, 1.54) is 12.4 Å². The fourth-order valence-corrected chi connectivity index (χ4v) is 2.06. The lowest BCUT2D eigenvalue weighted by molar-refractivity contribution is 1.26. The molecule has 0 unspecified atom stereocenters. The smallest absolute Gasteiger partial charge is 0.0669 e. The van der Waals surface area contributed by atoms with Gasteiger partial charge in [-0.15, -0.1) is 0 Å². The Kier molecular flexibility index (Phi) is 5.67. The number of nitrogens with two attached hydrogens (primary N) is 1. The quantitative estimate of drug-likeness (QED) is 0.714. The maximum absolute atomic E-state index is 8.66. The van der Waals surface area contributed by atoms with Gasteiger partial charge < -0.3 is 16.5 Å². The van der Waals surface area contributed by atoms with Gasteiger partial charge in [-0.2, -0.15) is 5.26 Å². The molecule has 5 nitrogen and oxygen atoms in total. The van der Waals surface area contributed by atoms with E-state index in [2.05, 4.69) is 16.4 Å². The second-order valence-corrected chi connectivity index (χ2v) is 4.74.